The summed E-state index contributed by atoms with van der Waals surface area (Å²) in [4.78, 5) is 19.9. The first-order chi connectivity index (χ1) is 10.6. The average Bonchev–Trinajstić information content (AvgIpc) is 2.84. The molecule has 0 unspecified atom stereocenters. The SMILES string of the molecule is COC(=O)c1cnc(Cn2c(C)nc3ccccc32)c(F)c1. The maximum atomic E-state index is 14.2. The standard InChI is InChI=1S/C16H14FN3O2/c1-10-19-13-5-3-4-6-15(13)20(10)9-14-12(17)7-11(8-18-14)16(21)22-2/h3-8H,9H2,1-2H3. The molecule has 1 aromatic carbocycles. The topological polar surface area (TPSA) is 57.0 Å². The van der Waals surface area contributed by atoms with Crippen LogP contribution in [0.15, 0.2) is 36.5 Å². The van der Waals surface area contributed by atoms with E-state index in [2.05, 4.69) is 14.7 Å². The van der Waals surface area contributed by atoms with Crippen molar-refractivity contribution in [3.05, 3.63) is 59.4 Å². The lowest BCUT2D eigenvalue weighted by Gasteiger charge is -2.08. The van der Waals surface area contributed by atoms with Gasteiger partial charge in [0.05, 0.1) is 35.9 Å². The lowest BCUT2D eigenvalue weighted by molar-refractivity contribution is 0.0599. The highest BCUT2D eigenvalue weighted by Gasteiger charge is 2.14. The summed E-state index contributed by atoms with van der Waals surface area (Å²) in [7, 11) is 1.25. The van der Waals surface area contributed by atoms with E-state index in [1.807, 2.05) is 35.8 Å². The van der Waals surface area contributed by atoms with E-state index in [0.29, 0.717) is 0 Å². The van der Waals surface area contributed by atoms with Crippen LogP contribution in [0.1, 0.15) is 21.9 Å². The van der Waals surface area contributed by atoms with Crippen molar-refractivity contribution in [1.82, 2.24) is 14.5 Å². The number of methoxy groups -OCH3 is 1. The molecule has 6 heteroatoms. The maximum Gasteiger partial charge on any atom is 0.339 e. The fourth-order valence-electron chi connectivity index (χ4n) is 2.36. The van der Waals surface area contributed by atoms with Gasteiger partial charge in [0.25, 0.3) is 0 Å². The van der Waals surface area contributed by atoms with E-state index < -0.39 is 11.8 Å². The molecule has 0 spiro atoms. The van der Waals surface area contributed by atoms with E-state index >= 15 is 0 Å². The molecule has 0 bridgehead atoms. The van der Waals surface area contributed by atoms with Crippen LogP contribution in [0.5, 0.6) is 0 Å². The second-order valence-electron chi connectivity index (χ2n) is 4.88. The van der Waals surface area contributed by atoms with Crippen LogP contribution in [0.3, 0.4) is 0 Å². The van der Waals surface area contributed by atoms with Crippen molar-refractivity contribution in [2.75, 3.05) is 7.11 Å². The number of fused-ring (bicyclic) bond motifs is 1. The largest absolute Gasteiger partial charge is 0.465 e. The van der Waals surface area contributed by atoms with Crippen molar-refractivity contribution in [3.8, 4) is 0 Å². The molecule has 0 aliphatic carbocycles. The molecule has 0 radical (unpaired) electrons. The number of nitrogens with zero attached hydrogens (tertiary/aromatic N) is 3. The number of hydrogen-bond donors (Lipinski definition) is 0. The third kappa shape index (κ3) is 2.43. The van der Waals surface area contributed by atoms with Crippen LogP contribution in [-0.2, 0) is 11.3 Å². The van der Waals surface area contributed by atoms with Gasteiger partial charge in [0.15, 0.2) is 0 Å². The number of carbonyl (C=O) groups is 1. The smallest absolute Gasteiger partial charge is 0.339 e. The predicted molar refractivity (Wildman–Crippen MR) is 79.1 cm³/mol. The number of pyridine rings is 1. The molecular formula is C16H14FN3O2. The minimum absolute atomic E-state index is 0.0935. The minimum atomic E-state index is -0.609. The summed E-state index contributed by atoms with van der Waals surface area (Å²) in [5, 5.41) is 0. The summed E-state index contributed by atoms with van der Waals surface area (Å²) >= 11 is 0. The molecule has 22 heavy (non-hydrogen) atoms. The molecular weight excluding hydrogens is 285 g/mol. The van der Waals surface area contributed by atoms with Gasteiger partial charge in [-0.15, -0.1) is 0 Å². The number of para-hydroxylation sites is 2. The van der Waals surface area contributed by atoms with Crippen LogP contribution in [0.2, 0.25) is 0 Å². The molecule has 0 saturated heterocycles. The number of aryl methyl sites for hydroxylation is 1. The van der Waals surface area contributed by atoms with E-state index in [0.717, 1.165) is 22.9 Å². The van der Waals surface area contributed by atoms with Crippen molar-refractivity contribution in [2.24, 2.45) is 0 Å². The van der Waals surface area contributed by atoms with Crippen molar-refractivity contribution in [1.29, 1.82) is 0 Å². The van der Waals surface area contributed by atoms with Gasteiger partial charge in [-0.25, -0.2) is 14.2 Å². The third-order valence-electron chi connectivity index (χ3n) is 3.49. The number of rotatable bonds is 3. The zero-order chi connectivity index (χ0) is 15.7. The number of halogens is 1. The summed E-state index contributed by atoms with van der Waals surface area (Å²) in [6.45, 7) is 2.11. The third-order valence-corrected chi connectivity index (χ3v) is 3.49. The van der Waals surface area contributed by atoms with Crippen LogP contribution < -0.4 is 0 Å². The number of carbonyl (C=O) groups excluding carboxylic acids is 1. The molecule has 0 aliphatic heterocycles. The maximum absolute atomic E-state index is 14.2. The van der Waals surface area contributed by atoms with Crippen molar-refractivity contribution >= 4 is 17.0 Å². The molecule has 5 nitrogen and oxygen atoms in total. The molecule has 0 saturated carbocycles. The Morgan fingerprint density at radius 3 is 2.86 bits per heavy atom. The number of imidazole rings is 1. The molecule has 3 rings (SSSR count). The van der Waals surface area contributed by atoms with Crippen LogP contribution in [0, 0.1) is 12.7 Å². The Labute approximate surface area is 126 Å². The van der Waals surface area contributed by atoms with E-state index in [1.54, 1.807) is 0 Å². The molecule has 112 valence electrons. The molecule has 0 N–H and O–H groups in total. The lowest BCUT2D eigenvalue weighted by Crippen LogP contribution is -2.09. The van der Waals surface area contributed by atoms with Gasteiger partial charge in [0.1, 0.15) is 11.6 Å². The highest BCUT2D eigenvalue weighted by atomic mass is 19.1. The van der Waals surface area contributed by atoms with Gasteiger partial charge in [-0.2, -0.15) is 0 Å². The van der Waals surface area contributed by atoms with E-state index in [-0.39, 0.29) is 17.8 Å². The number of ether oxygens (including phenoxy) is 1. The van der Waals surface area contributed by atoms with Gasteiger partial charge in [-0.3, -0.25) is 4.98 Å². The second-order valence-corrected chi connectivity index (χ2v) is 4.88. The minimum Gasteiger partial charge on any atom is -0.465 e. The lowest BCUT2D eigenvalue weighted by atomic mass is 10.2. The Kier molecular flexibility index (Phi) is 3.58. The number of hydrogen-bond acceptors (Lipinski definition) is 4. The number of aromatic nitrogens is 3. The Hall–Kier alpha value is -2.76. The second kappa shape index (κ2) is 5.55. The van der Waals surface area contributed by atoms with Crippen molar-refractivity contribution in [3.63, 3.8) is 0 Å². The highest BCUT2D eigenvalue weighted by molar-refractivity contribution is 5.88. The molecule has 0 fully saturated rings. The summed E-state index contributed by atoms with van der Waals surface area (Å²) in [5.74, 6) is -0.373. The Morgan fingerprint density at radius 1 is 1.36 bits per heavy atom. The summed E-state index contributed by atoms with van der Waals surface area (Å²) in [6, 6.07) is 8.79. The van der Waals surface area contributed by atoms with Gasteiger partial charge in [0.2, 0.25) is 0 Å². The molecule has 0 atom stereocenters. The Morgan fingerprint density at radius 2 is 2.14 bits per heavy atom. The van der Waals surface area contributed by atoms with Crippen LogP contribution >= 0.6 is 0 Å². The number of benzene rings is 1. The zero-order valence-electron chi connectivity index (χ0n) is 12.2. The molecule has 2 aromatic heterocycles. The van der Waals surface area contributed by atoms with Gasteiger partial charge in [-0.1, -0.05) is 12.1 Å². The summed E-state index contributed by atoms with van der Waals surface area (Å²) < 4.78 is 20.6. The first kappa shape index (κ1) is 14.2. The first-order valence-corrected chi connectivity index (χ1v) is 6.74. The Balaban J connectivity index is 1.98. The van der Waals surface area contributed by atoms with Crippen molar-refractivity contribution < 1.29 is 13.9 Å². The normalized spacial score (nSPS) is 10.9. The van der Waals surface area contributed by atoms with E-state index in [9.17, 15) is 9.18 Å². The molecule has 0 amide bonds. The zero-order valence-corrected chi connectivity index (χ0v) is 12.2. The van der Waals surface area contributed by atoms with Crippen LogP contribution in [0.4, 0.5) is 4.39 Å². The molecule has 0 aliphatic rings. The Bertz CT molecular complexity index is 858. The van der Waals surface area contributed by atoms with Gasteiger partial charge < -0.3 is 9.30 Å². The van der Waals surface area contributed by atoms with Crippen molar-refractivity contribution in [2.45, 2.75) is 13.5 Å². The van der Waals surface area contributed by atoms with Gasteiger partial charge in [0, 0.05) is 6.20 Å². The fraction of sp³-hybridized carbons (Fsp3) is 0.188. The highest BCUT2D eigenvalue weighted by Crippen LogP contribution is 2.18. The van der Waals surface area contributed by atoms with Crippen LogP contribution in [-0.4, -0.2) is 27.6 Å². The summed E-state index contributed by atoms with van der Waals surface area (Å²) in [6.07, 6.45) is 1.32. The molecule has 2 heterocycles. The van der Waals surface area contributed by atoms with E-state index in [1.165, 1.54) is 13.3 Å². The molecule has 3 aromatic rings. The average molecular weight is 299 g/mol. The number of esters is 1. The van der Waals surface area contributed by atoms with Crippen LogP contribution in [0.25, 0.3) is 11.0 Å². The van der Waals surface area contributed by atoms with Gasteiger partial charge >= 0.3 is 5.97 Å². The summed E-state index contributed by atoms with van der Waals surface area (Å²) in [5.41, 5.74) is 2.11. The monoisotopic (exact) mass is 299 g/mol. The predicted octanol–water partition coefficient (Wildman–Crippen LogP) is 2.71. The van der Waals surface area contributed by atoms with Gasteiger partial charge in [-0.05, 0) is 25.1 Å². The first-order valence-electron chi connectivity index (χ1n) is 6.74. The van der Waals surface area contributed by atoms with E-state index in [4.69, 9.17) is 0 Å². The fourth-order valence-corrected chi connectivity index (χ4v) is 2.36. The quantitative estimate of drug-likeness (QED) is 0.698.